The van der Waals surface area contributed by atoms with Crippen LogP contribution in [-0.2, 0) is 14.2 Å². The van der Waals surface area contributed by atoms with Gasteiger partial charge < -0.3 is 24.8 Å². The molecule has 8 nitrogen and oxygen atoms in total. The Balaban J connectivity index is 0.00000729. The van der Waals surface area contributed by atoms with Crippen LogP contribution in [0.15, 0.2) is 4.99 Å². The van der Waals surface area contributed by atoms with Crippen LogP contribution in [0.25, 0.3) is 0 Å². The van der Waals surface area contributed by atoms with E-state index in [0.29, 0.717) is 36.4 Å². The van der Waals surface area contributed by atoms with Crippen LogP contribution in [0.1, 0.15) is 53.1 Å². The highest BCUT2D eigenvalue weighted by Crippen LogP contribution is 2.24. The van der Waals surface area contributed by atoms with Gasteiger partial charge in [-0.2, -0.15) is 0 Å². The molecule has 2 N–H and O–H groups in total. The number of aryl methyl sites for hydroxylation is 1. The van der Waals surface area contributed by atoms with Gasteiger partial charge in [-0.15, -0.1) is 35.3 Å². The maximum Gasteiger partial charge on any atom is 0.350 e. The highest BCUT2D eigenvalue weighted by molar-refractivity contribution is 14.0. The van der Waals surface area contributed by atoms with Gasteiger partial charge in [0.1, 0.15) is 9.88 Å². The second-order valence-corrected chi connectivity index (χ2v) is 6.90. The Kier molecular flexibility index (Phi) is 15.3. The fraction of sp³-hybridized carbons (Fsp3) is 0.722. The summed E-state index contributed by atoms with van der Waals surface area (Å²) in [6.45, 7) is 8.73. The summed E-state index contributed by atoms with van der Waals surface area (Å²) in [4.78, 5) is 21.2. The molecular weight excluding hydrogens is 495 g/mol. The van der Waals surface area contributed by atoms with Crippen LogP contribution in [0.2, 0.25) is 0 Å². The number of esters is 1. The highest BCUT2D eigenvalue weighted by Gasteiger charge is 2.19. The normalized spacial score (nSPS) is 12.2. The minimum Gasteiger partial charge on any atom is -0.462 e. The Hall–Kier alpha value is -0.980. The lowest BCUT2D eigenvalue weighted by Gasteiger charge is -2.16. The first-order valence-corrected chi connectivity index (χ1v) is 10.0. The van der Waals surface area contributed by atoms with E-state index in [2.05, 4.69) is 20.6 Å². The topological polar surface area (TPSA) is 94.1 Å². The summed E-state index contributed by atoms with van der Waals surface area (Å²) < 4.78 is 15.4. The van der Waals surface area contributed by atoms with Gasteiger partial charge in [-0.05, 0) is 33.6 Å². The van der Waals surface area contributed by atoms with Gasteiger partial charge in [0.25, 0.3) is 0 Å². The van der Waals surface area contributed by atoms with Crippen molar-refractivity contribution in [3.63, 3.8) is 0 Å². The molecule has 1 rings (SSSR count). The van der Waals surface area contributed by atoms with Gasteiger partial charge in [0.05, 0.1) is 31.6 Å². The maximum atomic E-state index is 11.9. The van der Waals surface area contributed by atoms with Crippen molar-refractivity contribution in [1.82, 2.24) is 15.6 Å². The van der Waals surface area contributed by atoms with Gasteiger partial charge in [0, 0.05) is 27.3 Å². The molecule has 0 spiro atoms. The Bertz CT molecular complexity index is 598. The van der Waals surface area contributed by atoms with Crippen molar-refractivity contribution in [2.45, 2.75) is 39.7 Å². The number of nitrogens with zero attached hydrogens (tertiary/aromatic N) is 2. The van der Waals surface area contributed by atoms with E-state index in [1.165, 1.54) is 11.3 Å². The number of nitrogens with one attached hydrogen (secondary N) is 2. The average Bonchev–Trinajstić information content (AvgIpc) is 3.05. The van der Waals surface area contributed by atoms with Crippen LogP contribution in [0, 0.1) is 6.92 Å². The third-order valence-electron chi connectivity index (χ3n) is 3.66. The van der Waals surface area contributed by atoms with Crippen molar-refractivity contribution in [3.05, 3.63) is 15.6 Å². The predicted molar refractivity (Wildman–Crippen MR) is 123 cm³/mol. The number of rotatable bonds is 12. The van der Waals surface area contributed by atoms with Crippen LogP contribution in [0.5, 0.6) is 0 Å². The number of hydrogen-bond acceptors (Lipinski definition) is 7. The second-order valence-electron chi connectivity index (χ2n) is 5.86. The number of carbonyl (C=O) groups is 1. The van der Waals surface area contributed by atoms with Crippen molar-refractivity contribution < 1.29 is 19.0 Å². The average molecular weight is 528 g/mol. The predicted octanol–water partition coefficient (Wildman–Crippen LogP) is 2.92. The summed E-state index contributed by atoms with van der Waals surface area (Å²) in [6.07, 6.45) is 1.95. The molecule has 0 fully saturated rings. The van der Waals surface area contributed by atoms with Gasteiger partial charge in [-0.3, -0.25) is 4.99 Å². The molecule has 28 heavy (non-hydrogen) atoms. The van der Waals surface area contributed by atoms with Crippen LogP contribution < -0.4 is 10.6 Å². The third kappa shape index (κ3) is 9.99. The standard InChI is InChI=1S/C18H32N4O4S.HI/c1-6-26-17(23)15-13(2)21-16(27-15)14(3)22-18(19-4)20-9-7-8-10-25-12-11-24-5;/h14H,6-12H2,1-5H3,(H2,19,20,22);1H. The zero-order valence-electron chi connectivity index (χ0n) is 17.4. The smallest absolute Gasteiger partial charge is 0.350 e. The van der Waals surface area contributed by atoms with Crippen LogP contribution in [-0.4, -0.2) is 64.0 Å². The molecular formula is C18H33IN4O4S. The molecule has 0 amide bonds. The quantitative estimate of drug-likeness (QED) is 0.142. The van der Waals surface area contributed by atoms with Crippen LogP contribution in [0.4, 0.5) is 0 Å². The molecule has 0 aliphatic carbocycles. The first-order chi connectivity index (χ1) is 13.0. The van der Waals surface area contributed by atoms with Crippen LogP contribution in [0.3, 0.4) is 0 Å². The number of carbonyl (C=O) groups excluding carboxylic acids is 1. The molecule has 0 radical (unpaired) electrons. The molecule has 0 aliphatic heterocycles. The van der Waals surface area contributed by atoms with Gasteiger partial charge >= 0.3 is 5.97 Å². The summed E-state index contributed by atoms with van der Waals surface area (Å²) in [5.74, 6) is 0.384. The highest BCUT2D eigenvalue weighted by atomic mass is 127. The lowest BCUT2D eigenvalue weighted by atomic mass is 10.3. The van der Waals surface area contributed by atoms with Crippen molar-refractivity contribution in [3.8, 4) is 0 Å². The number of hydrogen-bond donors (Lipinski definition) is 2. The summed E-state index contributed by atoms with van der Waals surface area (Å²) in [5, 5.41) is 7.40. The van der Waals surface area contributed by atoms with E-state index in [1.54, 1.807) is 21.1 Å². The van der Waals surface area contributed by atoms with E-state index in [9.17, 15) is 4.79 Å². The number of halogens is 1. The minimum absolute atomic E-state index is 0. The number of ether oxygens (including phenoxy) is 3. The van der Waals surface area contributed by atoms with Gasteiger partial charge in [0.15, 0.2) is 5.96 Å². The molecule has 0 saturated heterocycles. The number of unbranched alkanes of at least 4 members (excludes halogenated alkanes) is 1. The molecule has 1 aromatic heterocycles. The molecule has 0 aliphatic rings. The lowest BCUT2D eigenvalue weighted by molar-refractivity contribution is 0.0531. The molecule has 0 saturated carbocycles. The molecule has 0 bridgehead atoms. The third-order valence-corrected chi connectivity index (χ3v) is 4.98. The monoisotopic (exact) mass is 528 g/mol. The number of aromatic nitrogens is 1. The molecule has 162 valence electrons. The summed E-state index contributed by atoms with van der Waals surface area (Å²) in [7, 11) is 3.39. The first kappa shape index (κ1) is 27.0. The van der Waals surface area contributed by atoms with Gasteiger partial charge in [-0.1, -0.05) is 0 Å². The lowest BCUT2D eigenvalue weighted by Crippen LogP contribution is -2.39. The van der Waals surface area contributed by atoms with Gasteiger partial charge in [-0.25, -0.2) is 9.78 Å². The Labute approximate surface area is 188 Å². The van der Waals surface area contributed by atoms with Crippen molar-refractivity contribution in [2.75, 3.05) is 47.1 Å². The fourth-order valence-electron chi connectivity index (χ4n) is 2.23. The van der Waals surface area contributed by atoms with E-state index < -0.39 is 0 Å². The Morgan fingerprint density at radius 3 is 2.68 bits per heavy atom. The number of aliphatic imine (C=N–C) groups is 1. The zero-order chi connectivity index (χ0) is 20.1. The number of thiazole rings is 1. The largest absolute Gasteiger partial charge is 0.462 e. The molecule has 1 atom stereocenters. The summed E-state index contributed by atoms with van der Waals surface area (Å²) in [5.41, 5.74) is 0.693. The minimum atomic E-state index is -0.318. The molecule has 1 unspecified atom stereocenters. The maximum absolute atomic E-state index is 11.9. The fourth-order valence-corrected chi connectivity index (χ4v) is 3.19. The Morgan fingerprint density at radius 1 is 1.29 bits per heavy atom. The van der Waals surface area contributed by atoms with E-state index in [0.717, 1.165) is 31.0 Å². The van der Waals surface area contributed by atoms with E-state index in [-0.39, 0.29) is 36.0 Å². The van der Waals surface area contributed by atoms with Gasteiger partial charge in [0.2, 0.25) is 0 Å². The van der Waals surface area contributed by atoms with Crippen molar-refractivity contribution in [2.24, 2.45) is 4.99 Å². The van der Waals surface area contributed by atoms with E-state index in [4.69, 9.17) is 14.2 Å². The van der Waals surface area contributed by atoms with Crippen LogP contribution >= 0.6 is 35.3 Å². The second kappa shape index (κ2) is 15.9. The summed E-state index contributed by atoms with van der Waals surface area (Å²) in [6, 6.07) is -0.0690. The molecule has 1 heterocycles. The molecule has 1 aromatic rings. The first-order valence-electron chi connectivity index (χ1n) is 9.21. The molecule has 10 heteroatoms. The number of guanidine groups is 1. The van der Waals surface area contributed by atoms with E-state index in [1.807, 2.05) is 13.8 Å². The molecule has 0 aromatic carbocycles. The number of methoxy groups -OCH3 is 1. The van der Waals surface area contributed by atoms with Crippen molar-refractivity contribution >= 4 is 47.2 Å². The van der Waals surface area contributed by atoms with Crippen molar-refractivity contribution in [1.29, 1.82) is 0 Å². The summed E-state index contributed by atoms with van der Waals surface area (Å²) >= 11 is 1.35. The zero-order valence-corrected chi connectivity index (χ0v) is 20.5. The Morgan fingerprint density at radius 2 is 2.04 bits per heavy atom. The van der Waals surface area contributed by atoms with E-state index >= 15 is 0 Å². The SMILES string of the molecule is CCOC(=O)c1sc(C(C)NC(=NC)NCCCCOCCOC)nc1C.I.